The SMILES string of the molecule is c1cc(-c2ccc3ccccc3n2)cc(-c2ccc3ccc4ccc(-c5ccc(-c6cccc7ccccc67)cc5)nc4c3n2)c1. The quantitative estimate of drug-likeness (QED) is 0.193. The fraction of sp³-hybridized carbons (Fsp3) is 0. The first kappa shape index (κ1) is 26.2. The number of pyridine rings is 3. The minimum atomic E-state index is 0.901. The second-order valence-electron chi connectivity index (χ2n) is 11.7. The van der Waals surface area contributed by atoms with Crippen molar-refractivity contribution in [3.05, 3.63) is 164 Å². The van der Waals surface area contributed by atoms with Gasteiger partial charge in [0.1, 0.15) is 0 Å². The third-order valence-electron chi connectivity index (χ3n) is 8.85. The van der Waals surface area contributed by atoms with E-state index in [1.54, 1.807) is 0 Å². The van der Waals surface area contributed by atoms with Gasteiger partial charge in [-0.25, -0.2) is 15.0 Å². The fourth-order valence-electron chi connectivity index (χ4n) is 6.45. The molecule has 214 valence electrons. The molecule has 9 rings (SSSR count). The van der Waals surface area contributed by atoms with Crippen LogP contribution in [-0.4, -0.2) is 15.0 Å². The lowest BCUT2D eigenvalue weighted by Crippen LogP contribution is -1.92. The molecule has 0 amide bonds. The van der Waals surface area contributed by atoms with E-state index in [0.29, 0.717) is 0 Å². The second-order valence-corrected chi connectivity index (χ2v) is 11.7. The normalized spacial score (nSPS) is 11.5. The molecule has 6 aromatic carbocycles. The maximum absolute atomic E-state index is 5.19. The Morgan fingerprint density at radius 1 is 0.304 bits per heavy atom. The van der Waals surface area contributed by atoms with Crippen LogP contribution < -0.4 is 0 Å². The lowest BCUT2D eigenvalue weighted by molar-refractivity contribution is 1.36. The summed E-state index contributed by atoms with van der Waals surface area (Å²) in [4.78, 5) is 15.3. The first-order chi connectivity index (χ1) is 22.8. The molecule has 0 aliphatic carbocycles. The van der Waals surface area contributed by atoms with Gasteiger partial charge in [-0.15, -0.1) is 0 Å². The molecule has 0 atom stereocenters. The zero-order chi connectivity index (χ0) is 30.5. The van der Waals surface area contributed by atoms with Gasteiger partial charge in [-0.1, -0.05) is 133 Å². The number of nitrogens with zero attached hydrogens (tertiary/aromatic N) is 3. The van der Waals surface area contributed by atoms with Crippen molar-refractivity contribution in [2.45, 2.75) is 0 Å². The molecule has 0 unspecified atom stereocenters. The van der Waals surface area contributed by atoms with E-state index in [-0.39, 0.29) is 0 Å². The number of para-hydroxylation sites is 1. The third-order valence-corrected chi connectivity index (χ3v) is 8.85. The Balaban J connectivity index is 1.10. The van der Waals surface area contributed by atoms with Crippen LogP contribution in [0.5, 0.6) is 0 Å². The Hall–Kier alpha value is -6.19. The van der Waals surface area contributed by atoms with Crippen LogP contribution in [0.15, 0.2) is 164 Å². The number of benzene rings is 6. The Labute approximate surface area is 266 Å². The summed E-state index contributed by atoms with van der Waals surface area (Å²) >= 11 is 0. The van der Waals surface area contributed by atoms with Crippen LogP contribution in [0.2, 0.25) is 0 Å². The molecule has 0 saturated heterocycles. The van der Waals surface area contributed by atoms with E-state index in [4.69, 9.17) is 15.0 Å². The molecule has 9 aromatic rings. The molecule has 46 heavy (non-hydrogen) atoms. The number of hydrogen-bond acceptors (Lipinski definition) is 3. The molecule has 0 N–H and O–H groups in total. The highest BCUT2D eigenvalue weighted by Crippen LogP contribution is 2.33. The molecule has 0 spiro atoms. The summed E-state index contributed by atoms with van der Waals surface area (Å²) in [6.45, 7) is 0. The Kier molecular flexibility index (Phi) is 6.14. The van der Waals surface area contributed by atoms with Crippen LogP contribution in [0.3, 0.4) is 0 Å². The van der Waals surface area contributed by atoms with Crippen molar-refractivity contribution in [2.24, 2.45) is 0 Å². The number of rotatable bonds is 4. The smallest absolute Gasteiger partial charge is 0.0972 e. The van der Waals surface area contributed by atoms with Crippen LogP contribution >= 0.6 is 0 Å². The number of hydrogen-bond donors (Lipinski definition) is 0. The fourth-order valence-corrected chi connectivity index (χ4v) is 6.45. The number of fused-ring (bicyclic) bond motifs is 5. The molecule has 0 aliphatic heterocycles. The van der Waals surface area contributed by atoms with Gasteiger partial charge in [0.25, 0.3) is 0 Å². The van der Waals surface area contributed by atoms with Crippen LogP contribution in [0, 0.1) is 0 Å². The molecule has 0 fully saturated rings. The van der Waals surface area contributed by atoms with Crippen LogP contribution in [0.25, 0.3) is 88.4 Å². The van der Waals surface area contributed by atoms with Gasteiger partial charge >= 0.3 is 0 Å². The van der Waals surface area contributed by atoms with E-state index in [9.17, 15) is 0 Å². The van der Waals surface area contributed by atoms with Crippen molar-refractivity contribution < 1.29 is 0 Å². The van der Waals surface area contributed by atoms with Gasteiger partial charge in [0.05, 0.1) is 33.6 Å². The molecule has 3 heterocycles. The van der Waals surface area contributed by atoms with Crippen LogP contribution in [0.4, 0.5) is 0 Å². The molecule has 3 heteroatoms. The van der Waals surface area contributed by atoms with E-state index in [0.717, 1.165) is 66.5 Å². The average Bonchev–Trinajstić information content (AvgIpc) is 3.14. The highest BCUT2D eigenvalue weighted by molar-refractivity contribution is 6.04. The monoisotopic (exact) mass is 585 g/mol. The Morgan fingerprint density at radius 2 is 0.826 bits per heavy atom. The van der Waals surface area contributed by atoms with E-state index in [2.05, 4.69) is 152 Å². The van der Waals surface area contributed by atoms with Gasteiger partial charge in [-0.2, -0.15) is 0 Å². The molecule has 3 nitrogen and oxygen atoms in total. The standard InChI is InChI=1S/C43H27N3/c1-3-12-36-28(7-1)9-6-13-37(36)29-15-17-31(18-16-29)39-25-22-32-19-20-33-23-26-41(46-43(33)42(32)45-39)35-11-5-10-34(27-35)40-24-21-30-8-2-4-14-38(30)44-40/h1-27H. The van der Waals surface area contributed by atoms with Crippen LogP contribution in [0.1, 0.15) is 0 Å². The van der Waals surface area contributed by atoms with Crippen molar-refractivity contribution in [1.82, 2.24) is 15.0 Å². The van der Waals surface area contributed by atoms with Crippen molar-refractivity contribution in [2.75, 3.05) is 0 Å². The minimum Gasteiger partial charge on any atom is -0.248 e. The summed E-state index contributed by atoms with van der Waals surface area (Å²) < 4.78 is 0. The number of aromatic nitrogens is 3. The van der Waals surface area contributed by atoms with Gasteiger partial charge in [0.2, 0.25) is 0 Å². The summed E-state index contributed by atoms with van der Waals surface area (Å²) in [6, 6.07) is 57.4. The van der Waals surface area contributed by atoms with Gasteiger partial charge < -0.3 is 0 Å². The van der Waals surface area contributed by atoms with E-state index in [1.807, 2.05) is 12.1 Å². The lowest BCUT2D eigenvalue weighted by atomic mass is 9.97. The zero-order valence-electron chi connectivity index (χ0n) is 24.9. The maximum Gasteiger partial charge on any atom is 0.0972 e. The maximum atomic E-state index is 5.19. The summed E-state index contributed by atoms with van der Waals surface area (Å²) in [5.74, 6) is 0. The predicted octanol–water partition coefficient (Wildman–Crippen LogP) is 11.2. The van der Waals surface area contributed by atoms with Crippen LogP contribution in [-0.2, 0) is 0 Å². The predicted molar refractivity (Wildman–Crippen MR) is 192 cm³/mol. The average molecular weight is 586 g/mol. The molecule has 0 aliphatic rings. The third kappa shape index (κ3) is 4.58. The Bertz CT molecular complexity index is 2580. The topological polar surface area (TPSA) is 38.7 Å². The van der Waals surface area contributed by atoms with E-state index < -0.39 is 0 Å². The molecular weight excluding hydrogens is 558 g/mol. The first-order valence-electron chi connectivity index (χ1n) is 15.5. The highest BCUT2D eigenvalue weighted by Gasteiger charge is 2.11. The highest BCUT2D eigenvalue weighted by atomic mass is 14.8. The molecule has 3 aromatic heterocycles. The molecule has 0 saturated carbocycles. The van der Waals surface area contributed by atoms with Gasteiger partial charge in [0, 0.05) is 32.8 Å². The molecule has 0 bridgehead atoms. The summed E-state index contributed by atoms with van der Waals surface area (Å²) in [5, 5.41) is 5.78. The Morgan fingerprint density at radius 3 is 1.57 bits per heavy atom. The lowest BCUT2D eigenvalue weighted by Gasteiger charge is -2.10. The van der Waals surface area contributed by atoms with Gasteiger partial charge in [0.15, 0.2) is 0 Å². The van der Waals surface area contributed by atoms with Crippen molar-refractivity contribution in [1.29, 1.82) is 0 Å². The van der Waals surface area contributed by atoms with Crippen molar-refractivity contribution in [3.63, 3.8) is 0 Å². The van der Waals surface area contributed by atoms with Gasteiger partial charge in [-0.3, -0.25) is 0 Å². The first-order valence-corrected chi connectivity index (χ1v) is 15.5. The zero-order valence-corrected chi connectivity index (χ0v) is 24.9. The van der Waals surface area contributed by atoms with E-state index >= 15 is 0 Å². The van der Waals surface area contributed by atoms with Crippen molar-refractivity contribution in [3.8, 4) is 44.9 Å². The van der Waals surface area contributed by atoms with Gasteiger partial charge in [-0.05, 0) is 52.2 Å². The molecule has 0 radical (unpaired) electrons. The largest absolute Gasteiger partial charge is 0.248 e. The second kappa shape index (κ2) is 10.8. The van der Waals surface area contributed by atoms with E-state index in [1.165, 1.54) is 21.9 Å². The minimum absolute atomic E-state index is 0.901. The molecular formula is C43H27N3. The summed E-state index contributed by atoms with van der Waals surface area (Å²) in [7, 11) is 0. The summed E-state index contributed by atoms with van der Waals surface area (Å²) in [6.07, 6.45) is 0. The summed E-state index contributed by atoms with van der Waals surface area (Å²) in [5.41, 5.74) is 11.2. The van der Waals surface area contributed by atoms with Crippen molar-refractivity contribution >= 4 is 43.5 Å².